The van der Waals surface area contributed by atoms with Gasteiger partial charge in [-0.1, -0.05) is 42.5 Å². The van der Waals surface area contributed by atoms with Crippen LogP contribution in [0, 0.1) is 0 Å². The predicted octanol–water partition coefficient (Wildman–Crippen LogP) is 2.88. The summed E-state index contributed by atoms with van der Waals surface area (Å²) < 4.78 is 5.83. The Hall–Kier alpha value is -3.52. The first-order chi connectivity index (χ1) is 13.6. The number of aromatic nitrogens is 1. The average molecular weight is 395 g/mol. The molecule has 0 aliphatic carbocycles. The van der Waals surface area contributed by atoms with Gasteiger partial charge in [-0.25, -0.2) is 14.6 Å². The van der Waals surface area contributed by atoms with E-state index in [2.05, 4.69) is 15.6 Å². The number of benzene rings is 2. The lowest BCUT2D eigenvalue weighted by Crippen LogP contribution is -2.41. The van der Waals surface area contributed by atoms with E-state index in [0.29, 0.717) is 5.01 Å². The highest BCUT2D eigenvalue weighted by Crippen LogP contribution is 2.22. The van der Waals surface area contributed by atoms with E-state index in [9.17, 15) is 14.4 Å². The van der Waals surface area contributed by atoms with Gasteiger partial charge in [-0.2, -0.15) is 0 Å². The summed E-state index contributed by atoms with van der Waals surface area (Å²) in [5, 5.41) is 5.30. The summed E-state index contributed by atoms with van der Waals surface area (Å²) in [6.45, 7) is -0.271. The standard InChI is InChI=1S/C20H17N3O4S/c24-17(23-20(26)21-12-14-6-2-1-3-7-14)13-27-19(25)11-10-18-22-15-8-4-5-9-16(15)28-18/h1-11H,12-13H2,(H2,21,23,24,26)/b11-10+. The second-order valence-corrected chi connectivity index (χ2v) is 6.74. The maximum absolute atomic E-state index is 11.7. The summed E-state index contributed by atoms with van der Waals surface area (Å²) in [5.41, 5.74) is 1.75. The van der Waals surface area contributed by atoms with Gasteiger partial charge in [0.05, 0.1) is 10.2 Å². The molecule has 8 heteroatoms. The van der Waals surface area contributed by atoms with Crippen LogP contribution in [0.1, 0.15) is 10.6 Å². The monoisotopic (exact) mass is 395 g/mol. The van der Waals surface area contributed by atoms with Gasteiger partial charge in [-0.3, -0.25) is 10.1 Å². The number of fused-ring (bicyclic) bond motifs is 1. The summed E-state index contributed by atoms with van der Waals surface area (Å²) >= 11 is 1.44. The molecule has 3 amide bonds. The van der Waals surface area contributed by atoms with Crippen LogP contribution in [0.15, 0.2) is 60.7 Å². The maximum atomic E-state index is 11.7. The van der Waals surface area contributed by atoms with Crippen molar-refractivity contribution in [2.75, 3.05) is 6.61 Å². The summed E-state index contributed by atoms with van der Waals surface area (Å²) in [7, 11) is 0. The number of nitrogens with one attached hydrogen (secondary N) is 2. The van der Waals surface area contributed by atoms with Crippen LogP contribution in [0.2, 0.25) is 0 Å². The highest BCUT2D eigenvalue weighted by Gasteiger charge is 2.09. The average Bonchev–Trinajstić information content (AvgIpc) is 3.13. The fourth-order valence-electron chi connectivity index (χ4n) is 2.27. The number of esters is 1. The van der Waals surface area contributed by atoms with E-state index in [1.807, 2.05) is 54.6 Å². The topological polar surface area (TPSA) is 97.4 Å². The lowest BCUT2D eigenvalue weighted by Gasteiger charge is -2.06. The summed E-state index contributed by atoms with van der Waals surface area (Å²) in [6, 6.07) is 16.2. The van der Waals surface area contributed by atoms with E-state index in [4.69, 9.17) is 4.74 Å². The SMILES string of the molecule is O=C(COC(=O)/C=C/c1nc2ccccc2s1)NC(=O)NCc1ccccc1. The van der Waals surface area contributed by atoms with Crippen LogP contribution in [0.3, 0.4) is 0 Å². The van der Waals surface area contributed by atoms with Crippen molar-refractivity contribution in [2.24, 2.45) is 0 Å². The van der Waals surface area contributed by atoms with Crippen LogP contribution >= 0.6 is 11.3 Å². The van der Waals surface area contributed by atoms with Gasteiger partial charge < -0.3 is 10.1 Å². The Balaban J connectivity index is 1.39. The van der Waals surface area contributed by atoms with E-state index >= 15 is 0 Å². The molecule has 1 heterocycles. The molecule has 1 aromatic heterocycles. The van der Waals surface area contributed by atoms with Gasteiger partial charge in [0.15, 0.2) is 6.61 Å². The number of carbonyl (C=O) groups is 3. The number of para-hydroxylation sites is 1. The molecule has 0 radical (unpaired) electrons. The zero-order valence-corrected chi connectivity index (χ0v) is 15.6. The molecule has 3 rings (SSSR count). The fraction of sp³-hybridized carbons (Fsp3) is 0.100. The first kappa shape index (κ1) is 19.2. The molecule has 142 valence electrons. The molecule has 0 atom stereocenters. The first-order valence-corrected chi connectivity index (χ1v) is 9.24. The first-order valence-electron chi connectivity index (χ1n) is 8.42. The Kier molecular flexibility index (Phi) is 6.48. The molecule has 7 nitrogen and oxygen atoms in total. The fourth-order valence-corrected chi connectivity index (χ4v) is 3.14. The van der Waals surface area contributed by atoms with Crippen molar-refractivity contribution in [2.45, 2.75) is 6.54 Å². The number of hydrogen-bond donors (Lipinski definition) is 2. The Morgan fingerprint density at radius 3 is 2.57 bits per heavy atom. The number of ether oxygens (including phenoxy) is 1. The number of urea groups is 1. The van der Waals surface area contributed by atoms with E-state index < -0.39 is 24.5 Å². The normalized spacial score (nSPS) is 10.7. The van der Waals surface area contributed by atoms with Crippen LogP contribution < -0.4 is 10.6 Å². The van der Waals surface area contributed by atoms with Crippen molar-refractivity contribution in [1.29, 1.82) is 0 Å². The van der Waals surface area contributed by atoms with Crippen LogP contribution in [0.5, 0.6) is 0 Å². The zero-order valence-electron chi connectivity index (χ0n) is 14.8. The van der Waals surface area contributed by atoms with Crippen LogP contribution in [-0.4, -0.2) is 29.5 Å². The van der Waals surface area contributed by atoms with Crippen molar-refractivity contribution in [3.8, 4) is 0 Å². The van der Waals surface area contributed by atoms with Crippen molar-refractivity contribution in [3.63, 3.8) is 0 Å². The Morgan fingerprint density at radius 2 is 1.79 bits per heavy atom. The van der Waals surface area contributed by atoms with Crippen LogP contribution in [-0.2, 0) is 20.9 Å². The van der Waals surface area contributed by atoms with Gasteiger partial charge in [0.25, 0.3) is 5.91 Å². The minimum absolute atomic E-state index is 0.282. The molecule has 0 aliphatic rings. The summed E-state index contributed by atoms with van der Waals surface area (Å²) in [6.07, 6.45) is 2.72. The van der Waals surface area contributed by atoms with E-state index in [1.54, 1.807) is 0 Å². The number of amides is 3. The molecule has 0 fully saturated rings. The molecule has 2 aromatic carbocycles. The number of thiazole rings is 1. The van der Waals surface area contributed by atoms with Gasteiger partial charge in [-0.15, -0.1) is 11.3 Å². The molecule has 0 unspecified atom stereocenters. The van der Waals surface area contributed by atoms with Gasteiger partial charge in [0.2, 0.25) is 0 Å². The minimum Gasteiger partial charge on any atom is -0.452 e. The maximum Gasteiger partial charge on any atom is 0.331 e. The van der Waals surface area contributed by atoms with Crippen LogP contribution in [0.25, 0.3) is 16.3 Å². The molecular weight excluding hydrogens is 378 g/mol. The molecule has 0 spiro atoms. The molecule has 0 saturated heterocycles. The van der Waals surface area contributed by atoms with Gasteiger partial charge in [0.1, 0.15) is 5.01 Å². The highest BCUT2D eigenvalue weighted by molar-refractivity contribution is 7.19. The molecule has 2 N–H and O–H groups in total. The largest absolute Gasteiger partial charge is 0.452 e. The Bertz CT molecular complexity index is 981. The summed E-state index contributed by atoms with van der Waals surface area (Å²) in [4.78, 5) is 39.4. The number of carbonyl (C=O) groups excluding carboxylic acids is 3. The van der Waals surface area contributed by atoms with E-state index in [0.717, 1.165) is 15.8 Å². The van der Waals surface area contributed by atoms with E-state index in [1.165, 1.54) is 23.5 Å². The predicted molar refractivity (Wildman–Crippen MR) is 106 cm³/mol. The second-order valence-electron chi connectivity index (χ2n) is 5.68. The van der Waals surface area contributed by atoms with Crippen molar-refractivity contribution in [1.82, 2.24) is 15.6 Å². The lowest BCUT2D eigenvalue weighted by atomic mass is 10.2. The number of hydrogen-bond acceptors (Lipinski definition) is 6. The molecule has 0 saturated carbocycles. The Morgan fingerprint density at radius 1 is 1.04 bits per heavy atom. The van der Waals surface area contributed by atoms with Crippen molar-refractivity contribution < 1.29 is 19.1 Å². The Labute approximate surface area is 165 Å². The molecule has 0 aliphatic heterocycles. The van der Waals surface area contributed by atoms with Crippen LogP contribution in [0.4, 0.5) is 4.79 Å². The van der Waals surface area contributed by atoms with Crippen molar-refractivity contribution >= 4 is 45.5 Å². The lowest BCUT2D eigenvalue weighted by molar-refractivity contribution is -0.143. The quantitative estimate of drug-likeness (QED) is 0.494. The molecular formula is C20H17N3O4S. The number of nitrogens with zero attached hydrogens (tertiary/aromatic N) is 1. The van der Waals surface area contributed by atoms with E-state index in [-0.39, 0.29) is 6.54 Å². The van der Waals surface area contributed by atoms with Gasteiger partial charge >= 0.3 is 12.0 Å². The summed E-state index contributed by atoms with van der Waals surface area (Å²) in [5.74, 6) is -1.41. The smallest absolute Gasteiger partial charge is 0.331 e. The third kappa shape index (κ3) is 5.75. The number of imide groups is 1. The number of rotatable bonds is 6. The minimum atomic E-state index is -0.715. The molecule has 3 aromatic rings. The molecule has 28 heavy (non-hydrogen) atoms. The van der Waals surface area contributed by atoms with Crippen molar-refractivity contribution in [3.05, 3.63) is 71.2 Å². The molecule has 0 bridgehead atoms. The highest BCUT2D eigenvalue weighted by atomic mass is 32.1. The van der Waals surface area contributed by atoms with Gasteiger partial charge in [-0.05, 0) is 23.8 Å². The zero-order chi connectivity index (χ0) is 19.8. The second kappa shape index (κ2) is 9.43. The third-order valence-electron chi connectivity index (χ3n) is 3.57. The third-order valence-corrected chi connectivity index (χ3v) is 4.57. The van der Waals surface area contributed by atoms with Gasteiger partial charge in [0, 0.05) is 12.6 Å².